The molecule has 1 N–H and O–H groups in total. The van der Waals surface area contributed by atoms with E-state index in [-0.39, 0.29) is 24.2 Å². The second-order valence-electron chi connectivity index (χ2n) is 3.77. The second kappa shape index (κ2) is 6.81. The third-order valence-electron chi connectivity index (χ3n) is 2.49. The lowest BCUT2D eigenvalue weighted by molar-refractivity contribution is -0.142. The fourth-order valence-corrected chi connectivity index (χ4v) is 1.74. The molecule has 1 aromatic carbocycles. The number of carbonyl (C=O) groups is 1. The van der Waals surface area contributed by atoms with Gasteiger partial charge in [-0.05, 0) is 24.1 Å². The molecule has 0 fully saturated rings. The summed E-state index contributed by atoms with van der Waals surface area (Å²) >= 11 is 0. The lowest BCUT2D eigenvalue weighted by atomic mass is 9.97. The van der Waals surface area contributed by atoms with Crippen LogP contribution >= 0.6 is 0 Å². The zero-order valence-electron chi connectivity index (χ0n) is 10.3. The summed E-state index contributed by atoms with van der Waals surface area (Å²) in [6, 6.07) is 4.16. The number of halogens is 2. The normalized spacial score (nSPS) is 10.3. The molecule has 0 heterocycles. The zero-order chi connectivity index (χ0) is 14.4. The van der Waals surface area contributed by atoms with E-state index < -0.39 is 24.6 Å². The van der Waals surface area contributed by atoms with Gasteiger partial charge in [-0.3, -0.25) is 4.79 Å². The van der Waals surface area contributed by atoms with Crippen LogP contribution in [0.25, 0.3) is 0 Å². The van der Waals surface area contributed by atoms with Gasteiger partial charge >= 0.3 is 5.97 Å². The van der Waals surface area contributed by atoms with Gasteiger partial charge in [-0.2, -0.15) is 5.26 Å². The highest BCUT2D eigenvalue weighted by molar-refractivity contribution is 5.73. The standard InChI is InChI=1S/C13H13F2NO3/c1-2-19-11(18)5-8-3-9(6-16)12(13(14)15)10(4-8)7-17/h3-4,13,17H,2,5,7H2,1H3. The first-order valence-electron chi connectivity index (χ1n) is 5.63. The van der Waals surface area contributed by atoms with Crippen LogP contribution in [0, 0.1) is 11.3 Å². The van der Waals surface area contributed by atoms with Crippen molar-refractivity contribution in [2.24, 2.45) is 0 Å². The highest BCUT2D eigenvalue weighted by Gasteiger charge is 2.19. The summed E-state index contributed by atoms with van der Waals surface area (Å²) in [5.74, 6) is -0.514. The lowest BCUT2D eigenvalue weighted by Crippen LogP contribution is -2.09. The molecule has 0 saturated carbocycles. The number of benzene rings is 1. The van der Waals surface area contributed by atoms with E-state index in [0.29, 0.717) is 5.56 Å². The molecule has 1 aromatic rings. The Morgan fingerprint density at radius 2 is 2.21 bits per heavy atom. The third kappa shape index (κ3) is 3.73. The molecule has 0 aromatic heterocycles. The number of nitrogens with zero attached hydrogens (tertiary/aromatic N) is 1. The van der Waals surface area contributed by atoms with Crippen LogP contribution in [-0.2, 0) is 22.6 Å². The van der Waals surface area contributed by atoms with E-state index in [1.54, 1.807) is 13.0 Å². The predicted molar refractivity (Wildman–Crippen MR) is 62.4 cm³/mol. The van der Waals surface area contributed by atoms with E-state index in [4.69, 9.17) is 15.1 Å². The summed E-state index contributed by atoms with van der Waals surface area (Å²) in [6.45, 7) is 1.24. The number of ether oxygens (including phenoxy) is 1. The number of nitriles is 1. The van der Waals surface area contributed by atoms with Gasteiger partial charge < -0.3 is 9.84 Å². The van der Waals surface area contributed by atoms with Crippen molar-refractivity contribution in [3.63, 3.8) is 0 Å². The van der Waals surface area contributed by atoms with Gasteiger partial charge in [0, 0.05) is 5.56 Å². The molecule has 0 radical (unpaired) electrons. The molecule has 0 aliphatic carbocycles. The number of aliphatic hydroxyl groups is 1. The molecule has 0 bridgehead atoms. The minimum Gasteiger partial charge on any atom is -0.466 e. The van der Waals surface area contributed by atoms with Crippen LogP contribution in [-0.4, -0.2) is 17.7 Å². The van der Waals surface area contributed by atoms with Gasteiger partial charge in [0.05, 0.1) is 31.3 Å². The average molecular weight is 269 g/mol. The van der Waals surface area contributed by atoms with E-state index in [1.165, 1.54) is 12.1 Å². The Kier molecular flexibility index (Phi) is 5.39. The number of rotatable bonds is 5. The molecule has 1 rings (SSSR count). The molecule has 0 aliphatic heterocycles. The van der Waals surface area contributed by atoms with Gasteiger partial charge in [0.15, 0.2) is 0 Å². The molecule has 0 saturated heterocycles. The second-order valence-corrected chi connectivity index (χ2v) is 3.77. The average Bonchev–Trinajstić information content (AvgIpc) is 2.37. The third-order valence-corrected chi connectivity index (χ3v) is 2.49. The van der Waals surface area contributed by atoms with Gasteiger partial charge in [-0.25, -0.2) is 8.78 Å². The first-order valence-corrected chi connectivity index (χ1v) is 5.63. The Morgan fingerprint density at radius 3 is 2.68 bits per heavy atom. The maximum Gasteiger partial charge on any atom is 0.310 e. The number of esters is 1. The fraction of sp³-hybridized carbons (Fsp3) is 0.385. The molecule has 6 heteroatoms. The highest BCUT2D eigenvalue weighted by Crippen LogP contribution is 2.28. The summed E-state index contributed by atoms with van der Waals surface area (Å²) < 4.78 is 30.4. The SMILES string of the molecule is CCOC(=O)Cc1cc(C#N)c(C(F)F)c(CO)c1. The van der Waals surface area contributed by atoms with Crippen LogP contribution in [0.2, 0.25) is 0 Å². The Morgan fingerprint density at radius 1 is 1.53 bits per heavy atom. The van der Waals surface area contributed by atoms with Crippen molar-refractivity contribution >= 4 is 5.97 Å². The molecule has 0 aliphatic rings. The number of alkyl halides is 2. The monoisotopic (exact) mass is 269 g/mol. The quantitative estimate of drug-likeness (QED) is 0.831. The van der Waals surface area contributed by atoms with Crippen molar-refractivity contribution in [1.29, 1.82) is 5.26 Å². The van der Waals surface area contributed by atoms with Gasteiger partial charge in [0.2, 0.25) is 0 Å². The van der Waals surface area contributed by atoms with Crippen molar-refractivity contribution in [2.45, 2.75) is 26.4 Å². The predicted octanol–water partition coefficient (Wildman–Crippen LogP) is 2.09. The summed E-state index contributed by atoms with van der Waals surface area (Å²) in [6.07, 6.45) is -2.98. The lowest BCUT2D eigenvalue weighted by Gasteiger charge is -2.11. The van der Waals surface area contributed by atoms with E-state index in [1.807, 2.05) is 0 Å². The fourth-order valence-electron chi connectivity index (χ4n) is 1.74. The van der Waals surface area contributed by atoms with Gasteiger partial charge in [0.1, 0.15) is 0 Å². The smallest absolute Gasteiger partial charge is 0.310 e. The summed E-state index contributed by atoms with van der Waals surface area (Å²) in [4.78, 5) is 11.3. The molecular weight excluding hydrogens is 256 g/mol. The Bertz CT molecular complexity index is 509. The minimum atomic E-state index is -2.85. The van der Waals surface area contributed by atoms with Crippen molar-refractivity contribution in [1.82, 2.24) is 0 Å². The molecular formula is C13H13F2NO3. The van der Waals surface area contributed by atoms with Crippen LogP contribution in [0.4, 0.5) is 8.78 Å². The summed E-state index contributed by atoms with van der Waals surface area (Å²) in [5, 5.41) is 18.0. The topological polar surface area (TPSA) is 70.3 Å². The summed E-state index contributed by atoms with van der Waals surface area (Å²) in [5.41, 5.74) is -0.407. The van der Waals surface area contributed by atoms with Crippen molar-refractivity contribution in [2.75, 3.05) is 6.61 Å². The van der Waals surface area contributed by atoms with E-state index in [9.17, 15) is 13.6 Å². The van der Waals surface area contributed by atoms with Gasteiger partial charge in [-0.15, -0.1) is 0 Å². The number of hydrogen-bond donors (Lipinski definition) is 1. The van der Waals surface area contributed by atoms with E-state index >= 15 is 0 Å². The molecule has 0 unspecified atom stereocenters. The molecule has 19 heavy (non-hydrogen) atoms. The molecule has 0 spiro atoms. The molecule has 0 atom stereocenters. The largest absolute Gasteiger partial charge is 0.466 e. The van der Waals surface area contributed by atoms with Crippen molar-refractivity contribution in [3.05, 3.63) is 34.4 Å². The number of aliphatic hydroxyl groups excluding tert-OH is 1. The molecule has 102 valence electrons. The Hall–Kier alpha value is -2.00. The van der Waals surface area contributed by atoms with Crippen LogP contribution in [0.3, 0.4) is 0 Å². The maximum atomic E-state index is 12.8. The number of hydrogen-bond acceptors (Lipinski definition) is 4. The number of carbonyl (C=O) groups excluding carboxylic acids is 1. The maximum absolute atomic E-state index is 12.8. The van der Waals surface area contributed by atoms with Crippen LogP contribution < -0.4 is 0 Å². The molecule has 0 amide bonds. The summed E-state index contributed by atoms with van der Waals surface area (Å²) in [7, 11) is 0. The zero-order valence-corrected chi connectivity index (χ0v) is 10.3. The van der Waals surface area contributed by atoms with Crippen LogP contribution in [0.5, 0.6) is 0 Å². The van der Waals surface area contributed by atoms with Crippen molar-refractivity contribution < 1.29 is 23.4 Å². The van der Waals surface area contributed by atoms with Gasteiger partial charge in [0.25, 0.3) is 6.43 Å². The highest BCUT2D eigenvalue weighted by atomic mass is 19.3. The van der Waals surface area contributed by atoms with Crippen molar-refractivity contribution in [3.8, 4) is 6.07 Å². The van der Waals surface area contributed by atoms with Crippen LogP contribution in [0.1, 0.15) is 35.6 Å². The van der Waals surface area contributed by atoms with E-state index in [2.05, 4.69) is 0 Å². The Balaban J connectivity index is 3.17. The van der Waals surface area contributed by atoms with E-state index in [0.717, 1.165) is 0 Å². The first kappa shape index (κ1) is 15.1. The van der Waals surface area contributed by atoms with Gasteiger partial charge in [-0.1, -0.05) is 6.07 Å². The first-order chi connectivity index (χ1) is 9.03. The molecule has 4 nitrogen and oxygen atoms in total. The minimum absolute atomic E-state index is 0.0478. The van der Waals surface area contributed by atoms with Crippen LogP contribution in [0.15, 0.2) is 12.1 Å². The Labute approximate surface area is 109 Å².